The summed E-state index contributed by atoms with van der Waals surface area (Å²) in [6.07, 6.45) is 2.71. The zero-order valence-corrected chi connectivity index (χ0v) is 13.8. The molecule has 1 aromatic heterocycles. The van der Waals surface area contributed by atoms with Crippen LogP contribution in [0.1, 0.15) is 56.2 Å². The number of benzene rings is 1. The lowest BCUT2D eigenvalue weighted by atomic mass is 9.94. The summed E-state index contributed by atoms with van der Waals surface area (Å²) in [5.41, 5.74) is 2.29. The maximum atomic E-state index is 12.6. The van der Waals surface area contributed by atoms with Crippen molar-refractivity contribution < 1.29 is 4.74 Å². The van der Waals surface area contributed by atoms with Gasteiger partial charge in [-0.05, 0) is 46.7 Å². The minimum atomic E-state index is -0.129. The highest BCUT2D eigenvalue weighted by molar-refractivity contribution is 5.30. The van der Waals surface area contributed by atoms with Crippen molar-refractivity contribution in [2.75, 3.05) is 13.2 Å². The van der Waals surface area contributed by atoms with Gasteiger partial charge < -0.3 is 4.74 Å². The zero-order chi connectivity index (χ0) is 16.2. The third-order valence-corrected chi connectivity index (χ3v) is 4.72. The molecule has 0 saturated carbocycles. The number of hydrogen-bond acceptors (Lipinski definition) is 4. The molecule has 1 aromatic carbocycles. The van der Waals surface area contributed by atoms with Gasteiger partial charge in [0.1, 0.15) is 0 Å². The third-order valence-electron chi connectivity index (χ3n) is 4.72. The third kappa shape index (κ3) is 3.37. The molecule has 2 aromatic rings. The van der Waals surface area contributed by atoms with Gasteiger partial charge in [0.2, 0.25) is 0 Å². The van der Waals surface area contributed by atoms with E-state index in [4.69, 9.17) is 4.74 Å². The molecule has 124 valence electrons. The molecular formula is C17H24N4O2. The van der Waals surface area contributed by atoms with Crippen molar-refractivity contribution in [1.29, 1.82) is 0 Å². The van der Waals surface area contributed by atoms with Crippen LogP contribution in [0.15, 0.2) is 29.1 Å². The van der Waals surface area contributed by atoms with E-state index in [1.807, 2.05) is 12.1 Å². The largest absolute Gasteiger partial charge is 0.381 e. The highest BCUT2D eigenvalue weighted by Crippen LogP contribution is 2.23. The average molecular weight is 316 g/mol. The van der Waals surface area contributed by atoms with Crippen LogP contribution in [0.3, 0.4) is 0 Å². The van der Waals surface area contributed by atoms with Gasteiger partial charge in [-0.1, -0.05) is 38.1 Å². The SMILES string of the molecule is CCC(C)c1ccccc1Cn1nnn(C2CCOCC2)c1=O. The summed E-state index contributed by atoms with van der Waals surface area (Å²) >= 11 is 0. The lowest BCUT2D eigenvalue weighted by Gasteiger charge is -2.20. The number of rotatable bonds is 5. The molecule has 0 bridgehead atoms. The Morgan fingerprint density at radius 3 is 2.74 bits per heavy atom. The van der Waals surface area contributed by atoms with Crippen LogP contribution in [0.2, 0.25) is 0 Å². The van der Waals surface area contributed by atoms with E-state index in [2.05, 4.69) is 36.4 Å². The number of ether oxygens (including phenoxy) is 1. The molecule has 1 fully saturated rings. The van der Waals surface area contributed by atoms with Crippen molar-refractivity contribution in [3.8, 4) is 0 Å². The molecule has 23 heavy (non-hydrogen) atoms. The summed E-state index contributed by atoms with van der Waals surface area (Å²) in [7, 11) is 0. The monoisotopic (exact) mass is 316 g/mol. The Labute approximate surface area is 136 Å². The van der Waals surface area contributed by atoms with Crippen LogP contribution in [-0.4, -0.2) is 33.0 Å². The fourth-order valence-electron chi connectivity index (χ4n) is 3.08. The number of nitrogens with zero attached hydrogens (tertiary/aromatic N) is 4. The first-order valence-corrected chi connectivity index (χ1v) is 8.38. The summed E-state index contributed by atoms with van der Waals surface area (Å²) in [6.45, 7) is 6.22. The molecule has 2 heterocycles. The number of aromatic nitrogens is 4. The predicted molar refractivity (Wildman–Crippen MR) is 87.6 cm³/mol. The van der Waals surface area contributed by atoms with E-state index in [0.717, 1.165) is 24.8 Å². The van der Waals surface area contributed by atoms with Gasteiger partial charge in [-0.15, -0.1) is 0 Å². The maximum Gasteiger partial charge on any atom is 0.364 e. The van der Waals surface area contributed by atoms with Crippen molar-refractivity contribution >= 4 is 0 Å². The summed E-state index contributed by atoms with van der Waals surface area (Å²) in [5, 5.41) is 8.18. The summed E-state index contributed by atoms with van der Waals surface area (Å²) in [5.74, 6) is 0.465. The van der Waals surface area contributed by atoms with E-state index in [1.54, 1.807) is 0 Å². The number of tetrazole rings is 1. The average Bonchev–Trinajstić information content (AvgIpc) is 2.96. The summed E-state index contributed by atoms with van der Waals surface area (Å²) in [6, 6.07) is 8.37. The standard InChI is InChI=1S/C17H24N4O2/c1-3-13(2)16-7-5-4-6-14(16)12-20-17(22)21(19-18-20)15-8-10-23-11-9-15/h4-7,13,15H,3,8-12H2,1-2H3. The van der Waals surface area contributed by atoms with Gasteiger partial charge in [0.05, 0.1) is 12.6 Å². The maximum absolute atomic E-state index is 12.6. The second kappa shape index (κ2) is 7.08. The van der Waals surface area contributed by atoms with Crippen molar-refractivity contribution in [3.05, 3.63) is 45.9 Å². The van der Waals surface area contributed by atoms with Crippen molar-refractivity contribution in [1.82, 2.24) is 19.8 Å². The highest BCUT2D eigenvalue weighted by atomic mass is 16.5. The van der Waals surface area contributed by atoms with Gasteiger partial charge >= 0.3 is 5.69 Å². The van der Waals surface area contributed by atoms with Crippen molar-refractivity contribution in [2.45, 2.75) is 51.6 Å². The fourth-order valence-corrected chi connectivity index (χ4v) is 3.08. The Morgan fingerprint density at radius 2 is 2.00 bits per heavy atom. The smallest absolute Gasteiger partial charge is 0.364 e. The first-order chi connectivity index (χ1) is 11.2. The second-order valence-corrected chi connectivity index (χ2v) is 6.22. The molecule has 1 unspecified atom stereocenters. The first-order valence-electron chi connectivity index (χ1n) is 8.38. The molecule has 1 saturated heterocycles. The topological polar surface area (TPSA) is 61.9 Å². The van der Waals surface area contributed by atoms with Gasteiger partial charge in [-0.25, -0.2) is 4.79 Å². The molecule has 0 radical (unpaired) electrons. The Bertz CT molecular complexity index is 701. The summed E-state index contributed by atoms with van der Waals surface area (Å²) < 4.78 is 8.34. The molecule has 0 amide bonds. The lowest BCUT2D eigenvalue weighted by Crippen LogP contribution is -2.31. The van der Waals surface area contributed by atoms with Gasteiger partial charge in [-0.2, -0.15) is 9.36 Å². The minimum absolute atomic E-state index is 0.106. The number of hydrogen-bond donors (Lipinski definition) is 0. The predicted octanol–water partition coefficient (Wildman–Crippen LogP) is 2.35. The van der Waals surface area contributed by atoms with Crippen molar-refractivity contribution in [3.63, 3.8) is 0 Å². The Kier molecular flexibility index (Phi) is 4.91. The Hall–Kier alpha value is -1.95. The van der Waals surface area contributed by atoms with E-state index in [-0.39, 0.29) is 11.7 Å². The second-order valence-electron chi connectivity index (χ2n) is 6.22. The molecule has 1 atom stereocenters. The molecule has 1 aliphatic rings. The van der Waals surface area contributed by atoms with Crippen LogP contribution in [0.5, 0.6) is 0 Å². The quantitative estimate of drug-likeness (QED) is 0.849. The van der Waals surface area contributed by atoms with Gasteiger partial charge in [0.15, 0.2) is 0 Å². The van der Waals surface area contributed by atoms with E-state index in [1.165, 1.54) is 14.9 Å². The fraction of sp³-hybridized carbons (Fsp3) is 0.588. The molecule has 6 nitrogen and oxygen atoms in total. The molecular weight excluding hydrogens is 292 g/mol. The van der Waals surface area contributed by atoms with Gasteiger partial charge in [0, 0.05) is 13.2 Å². The van der Waals surface area contributed by atoms with Crippen LogP contribution < -0.4 is 5.69 Å². The van der Waals surface area contributed by atoms with Crippen LogP contribution in [0.4, 0.5) is 0 Å². The van der Waals surface area contributed by atoms with Crippen LogP contribution in [0, 0.1) is 0 Å². The summed E-state index contributed by atoms with van der Waals surface area (Å²) in [4.78, 5) is 12.6. The molecule has 0 aliphatic carbocycles. The van der Waals surface area contributed by atoms with Gasteiger partial charge in [0.25, 0.3) is 0 Å². The van der Waals surface area contributed by atoms with Crippen LogP contribution >= 0.6 is 0 Å². The molecule has 6 heteroatoms. The molecule has 1 aliphatic heterocycles. The van der Waals surface area contributed by atoms with Crippen molar-refractivity contribution in [2.24, 2.45) is 0 Å². The minimum Gasteiger partial charge on any atom is -0.381 e. The Balaban J connectivity index is 1.84. The highest BCUT2D eigenvalue weighted by Gasteiger charge is 2.21. The lowest BCUT2D eigenvalue weighted by molar-refractivity contribution is 0.0647. The van der Waals surface area contributed by atoms with Gasteiger partial charge in [-0.3, -0.25) is 0 Å². The first kappa shape index (κ1) is 15.9. The molecule has 0 spiro atoms. The van der Waals surface area contributed by atoms with E-state index < -0.39 is 0 Å². The zero-order valence-electron chi connectivity index (χ0n) is 13.8. The molecule has 3 rings (SSSR count). The van der Waals surface area contributed by atoms with E-state index in [9.17, 15) is 4.79 Å². The molecule has 0 N–H and O–H groups in total. The van der Waals surface area contributed by atoms with Crippen LogP contribution in [0.25, 0.3) is 0 Å². The van der Waals surface area contributed by atoms with E-state index in [0.29, 0.717) is 25.7 Å². The Morgan fingerprint density at radius 1 is 1.26 bits per heavy atom. The normalized spacial score (nSPS) is 17.3. The van der Waals surface area contributed by atoms with E-state index >= 15 is 0 Å². The van der Waals surface area contributed by atoms with Crippen LogP contribution in [-0.2, 0) is 11.3 Å².